The Labute approximate surface area is 229 Å². The molecule has 4 heterocycles. The number of aromatic nitrogens is 3. The zero-order valence-electron chi connectivity index (χ0n) is 20.6. The molecule has 0 spiro atoms. The van der Waals surface area contributed by atoms with E-state index in [0.29, 0.717) is 40.3 Å². The summed E-state index contributed by atoms with van der Waals surface area (Å²) in [6.07, 6.45) is 5.08. The number of aliphatic hydroxyl groups excluding tert-OH is 1. The van der Waals surface area contributed by atoms with Gasteiger partial charge in [0.2, 0.25) is 5.89 Å². The topological polar surface area (TPSA) is 85.8 Å². The van der Waals surface area contributed by atoms with Crippen LogP contribution in [0.5, 0.6) is 5.75 Å². The number of rotatable bonds is 9. The minimum Gasteiger partial charge on any atom is -0.508 e. The molecule has 0 radical (unpaired) electrons. The lowest BCUT2D eigenvalue weighted by atomic mass is 10.1. The summed E-state index contributed by atoms with van der Waals surface area (Å²) < 4.78 is 19.6. The zero-order chi connectivity index (χ0) is 26.2. The number of benzene rings is 2. The van der Waals surface area contributed by atoms with E-state index < -0.39 is 0 Å². The standard InChI is InChI=1S/C28H26Cl2N4O4/c1-17(35)18-2-4-23-24(10-18)34(14-21-7-9-36-21)27(32-23)15-33-8-6-19(13-33)26-12-31-28(38-26)16-37-25-5-3-20(29)11-22(25)30/h2-6,10-12,21,35H,1,7-9,13-16H2/t21-/m0/s1. The van der Waals surface area contributed by atoms with Crippen LogP contribution in [0, 0.1) is 0 Å². The van der Waals surface area contributed by atoms with Gasteiger partial charge in [-0.1, -0.05) is 35.9 Å². The Kier molecular flexibility index (Phi) is 6.88. The predicted molar refractivity (Wildman–Crippen MR) is 146 cm³/mol. The molecule has 1 atom stereocenters. The SMILES string of the molecule is C=C(O)c1ccc2nc(CN3CC=C(c4cnc(COc5ccc(Cl)cc5Cl)o4)C3)n(C[C@@H]3CCO3)c2c1. The first kappa shape index (κ1) is 25.0. The Bertz CT molecular complexity index is 1540. The van der Waals surface area contributed by atoms with Crippen molar-refractivity contribution in [3.63, 3.8) is 0 Å². The largest absolute Gasteiger partial charge is 0.508 e. The van der Waals surface area contributed by atoms with Crippen LogP contribution in [0.1, 0.15) is 29.5 Å². The molecule has 6 rings (SSSR count). The molecule has 0 unspecified atom stereocenters. The van der Waals surface area contributed by atoms with Gasteiger partial charge in [0.1, 0.15) is 17.3 Å². The van der Waals surface area contributed by atoms with Gasteiger partial charge < -0.3 is 23.6 Å². The highest BCUT2D eigenvalue weighted by Crippen LogP contribution is 2.30. The quantitative estimate of drug-likeness (QED) is 0.250. The number of oxazole rings is 1. The minimum atomic E-state index is 0.0440. The Hall–Kier alpha value is -3.30. The van der Waals surface area contributed by atoms with E-state index in [4.69, 9.17) is 42.1 Å². The maximum Gasteiger partial charge on any atom is 0.232 e. The number of ether oxygens (including phenoxy) is 2. The Morgan fingerprint density at radius 1 is 1.21 bits per heavy atom. The summed E-state index contributed by atoms with van der Waals surface area (Å²) in [6.45, 7) is 7.49. The molecular formula is C28H26Cl2N4O4. The van der Waals surface area contributed by atoms with E-state index in [2.05, 4.69) is 27.1 Å². The molecule has 0 aliphatic carbocycles. The summed E-state index contributed by atoms with van der Waals surface area (Å²) in [4.78, 5) is 11.6. The van der Waals surface area contributed by atoms with E-state index in [1.54, 1.807) is 24.4 Å². The summed E-state index contributed by atoms with van der Waals surface area (Å²) in [5.74, 6) is 2.71. The van der Waals surface area contributed by atoms with Gasteiger partial charge >= 0.3 is 0 Å². The van der Waals surface area contributed by atoms with Crippen molar-refractivity contribution in [3.8, 4) is 5.75 Å². The van der Waals surface area contributed by atoms with Crippen molar-refractivity contribution in [3.05, 3.63) is 88.3 Å². The minimum absolute atomic E-state index is 0.0440. The van der Waals surface area contributed by atoms with E-state index in [9.17, 15) is 5.11 Å². The van der Waals surface area contributed by atoms with Gasteiger partial charge in [0.05, 0.1) is 41.4 Å². The van der Waals surface area contributed by atoms with Gasteiger partial charge in [-0.2, -0.15) is 0 Å². The molecule has 0 saturated carbocycles. The smallest absolute Gasteiger partial charge is 0.232 e. The van der Waals surface area contributed by atoms with Crippen molar-refractivity contribution in [2.75, 3.05) is 19.7 Å². The van der Waals surface area contributed by atoms with Gasteiger partial charge in [-0.15, -0.1) is 0 Å². The van der Waals surface area contributed by atoms with Crippen molar-refractivity contribution in [2.45, 2.75) is 32.2 Å². The molecular weight excluding hydrogens is 527 g/mol. The third-order valence-corrected chi connectivity index (χ3v) is 7.34. The van der Waals surface area contributed by atoms with Crippen molar-refractivity contribution in [2.24, 2.45) is 0 Å². The Morgan fingerprint density at radius 2 is 2.08 bits per heavy atom. The lowest BCUT2D eigenvalue weighted by Crippen LogP contribution is -2.32. The lowest BCUT2D eigenvalue weighted by Gasteiger charge is -2.28. The lowest BCUT2D eigenvalue weighted by molar-refractivity contribution is -0.0591. The maximum absolute atomic E-state index is 9.91. The summed E-state index contributed by atoms with van der Waals surface area (Å²) in [5, 5.41) is 10.9. The number of nitrogens with zero attached hydrogens (tertiary/aromatic N) is 4. The second-order valence-electron chi connectivity index (χ2n) is 9.45. The summed E-state index contributed by atoms with van der Waals surface area (Å²) >= 11 is 12.1. The van der Waals surface area contributed by atoms with E-state index in [1.165, 1.54) is 0 Å². The van der Waals surface area contributed by atoms with Crippen LogP contribution in [0.4, 0.5) is 0 Å². The molecule has 4 aromatic rings. The van der Waals surface area contributed by atoms with Crippen LogP contribution >= 0.6 is 23.2 Å². The molecule has 10 heteroatoms. The van der Waals surface area contributed by atoms with E-state index in [-0.39, 0.29) is 18.5 Å². The monoisotopic (exact) mass is 552 g/mol. The van der Waals surface area contributed by atoms with E-state index >= 15 is 0 Å². The first-order valence-electron chi connectivity index (χ1n) is 12.4. The van der Waals surface area contributed by atoms with Gasteiger partial charge in [0.15, 0.2) is 12.4 Å². The molecule has 2 aromatic carbocycles. The Morgan fingerprint density at radius 3 is 2.84 bits per heavy atom. The van der Waals surface area contributed by atoms with Crippen molar-refractivity contribution < 1.29 is 19.0 Å². The van der Waals surface area contributed by atoms with Crippen molar-refractivity contribution >= 4 is 45.6 Å². The zero-order valence-corrected chi connectivity index (χ0v) is 22.1. The highest BCUT2D eigenvalue weighted by molar-refractivity contribution is 6.35. The van der Waals surface area contributed by atoms with E-state index in [1.807, 2.05) is 18.2 Å². The van der Waals surface area contributed by atoms with Crippen molar-refractivity contribution in [1.82, 2.24) is 19.4 Å². The fraction of sp³-hybridized carbons (Fsp3) is 0.286. The number of hydrogen-bond donors (Lipinski definition) is 1. The maximum atomic E-state index is 9.91. The molecule has 0 amide bonds. The molecule has 1 N–H and O–H groups in total. The van der Waals surface area contributed by atoms with Gasteiger partial charge in [0, 0.05) is 35.9 Å². The average molecular weight is 553 g/mol. The number of hydrogen-bond acceptors (Lipinski definition) is 7. The highest BCUT2D eigenvalue weighted by atomic mass is 35.5. The third-order valence-electron chi connectivity index (χ3n) is 6.81. The predicted octanol–water partition coefficient (Wildman–Crippen LogP) is 6.13. The Balaban J connectivity index is 1.13. The molecule has 1 fully saturated rings. The fourth-order valence-corrected chi connectivity index (χ4v) is 5.14. The first-order chi connectivity index (χ1) is 18.4. The molecule has 0 bridgehead atoms. The van der Waals surface area contributed by atoms with Gasteiger partial charge in [-0.25, -0.2) is 9.97 Å². The molecule has 8 nitrogen and oxygen atoms in total. The normalized spacial score (nSPS) is 17.5. The molecule has 196 valence electrons. The van der Waals surface area contributed by atoms with Crippen LogP contribution in [0.3, 0.4) is 0 Å². The number of aliphatic hydroxyl groups is 1. The second-order valence-corrected chi connectivity index (χ2v) is 10.3. The second kappa shape index (κ2) is 10.5. The van der Waals surface area contributed by atoms with Crippen LogP contribution in [-0.2, 0) is 24.4 Å². The van der Waals surface area contributed by atoms with Gasteiger partial charge in [-0.3, -0.25) is 4.90 Å². The molecule has 2 aromatic heterocycles. The van der Waals surface area contributed by atoms with Crippen LogP contribution in [-0.4, -0.2) is 50.3 Å². The van der Waals surface area contributed by atoms with Crippen LogP contribution in [0.15, 0.2) is 59.7 Å². The molecule has 38 heavy (non-hydrogen) atoms. The average Bonchev–Trinajstić information content (AvgIpc) is 3.59. The van der Waals surface area contributed by atoms with Crippen LogP contribution in [0.25, 0.3) is 22.4 Å². The molecule has 1 saturated heterocycles. The summed E-state index contributed by atoms with van der Waals surface area (Å²) in [7, 11) is 0. The summed E-state index contributed by atoms with van der Waals surface area (Å²) in [5.41, 5.74) is 3.61. The van der Waals surface area contributed by atoms with Gasteiger partial charge in [0.25, 0.3) is 0 Å². The number of imidazole rings is 1. The molecule has 2 aliphatic heterocycles. The number of halogens is 2. The van der Waals surface area contributed by atoms with Crippen LogP contribution < -0.4 is 4.74 Å². The fourth-order valence-electron chi connectivity index (χ4n) is 4.67. The highest BCUT2D eigenvalue weighted by Gasteiger charge is 2.25. The molecule has 2 aliphatic rings. The van der Waals surface area contributed by atoms with E-state index in [0.717, 1.165) is 54.3 Å². The first-order valence-corrected chi connectivity index (χ1v) is 13.1. The van der Waals surface area contributed by atoms with Gasteiger partial charge in [-0.05, 0) is 42.8 Å². The van der Waals surface area contributed by atoms with Crippen molar-refractivity contribution in [1.29, 1.82) is 0 Å². The number of fused-ring (bicyclic) bond motifs is 1. The summed E-state index contributed by atoms with van der Waals surface area (Å²) in [6, 6.07) is 10.8. The third kappa shape index (κ3) is 5.17. The van der Waals surface area contributed by atoms with Crippen LogP contribution in [0.2, 0.25) is 10.0 Å².